The van der Waals surface area contributed by atoms with Gasteiger partial charge in [0.25, 0.3) is 5.69 Å². The molecule has 2 rings (SSSR count). The van der Waals surface area contributed by atoms with Crippen molar-refractivity contribution in [1.82, 2.24) is 4.90 Å². The van der Waals surface area contributed by atoms with E-state index in [2.05, 4.69) is 4.90 Å². The molecule has 0 bridgehead atoms. The van der Waals surface area contributed by atoms with Gasteiger partial charge in [0.15, 0.2) is 5.78 Å². The second kappa shape index (κ2) is 5.44. The molecule has 1 aromatic rings. The maximum Gasteiger partial charge on any atom is 0.269 e. The van der Waals surface area contributed by atoms with Crippen LogP contribution in [-0.2, 0) is 0 Å². The standard InChI is InChI=1S/C13H14N2O3/c16-13(7-10-14-8-1-2-9-14)11-3-5-12(6-4-11)15(17)18/h3-7,10H,1-2,8-9H2. The number of non-ortho nitro benzene ring substituents is 1. The quantitative estimate of drug-likeness (QED) is 0.354. The monoisotopic (exact) mass is 246 g/mol. The molecular weight excluding hydrogens is 232 g/mol. The van der Waals surface area contributed by atoms with Crippen LogP contribution in [0.25, 0.3) is 0 Å². The number of hydrogen-bond donors (Lipinski definition) is 0. The Bertz CT molecular complexity index is 474. The van der Waals surface area contributed by atoms with E-state index in [9.17, 15) is 14.9 Å². The highest BCUT2D eigenvalue weighted by Gasteiger charge is 2.09. The van der Waals surface area contributed by atoms with Crippen LogP contribution in [0, 0.1) is 10.1 Å². The first-order valence-electron chi connectivity index (χ1n) is 5.88. The van der Waals surface area contributed by atoms with E-state index in [-0.39, 0.29) is 11.5 Å². The molecule has 5 heteroatoms. The van der Waals surface area contributed by atoms with Crippen molar-refractivity contribution in [3.63, 3.8) is 0 Å². The summed E-state index contributed by atoms with van der Waals surface area (Å²) in [5, 5.41) is 10.5. The van der Waals surface area contributed by atoms with Crippen molar-refractivity contribution < 1.29 is 9.72 Å². The summed E-state index contributed by atoms with van der Waals surface area (Å²) >= 11 is 0. The van der Waals surface area contributed by atoms with Gasteiger partial charge < -0.3 is 4.90 Å². The normalized spacial score (nSPS) is 15.2. The van der Waals surface area contributed by atoms with E-state index in [1.807, 2.05) is 0 Å². The van der Waals surface area contributed by atoms with Gasteiger partial charge in [-0.1, -0.05) is 0 Å². The molecule has 1 aromatic carbocycles. The lowest BCUT2D eigenvalue weighted by Gasteiger charge is -2.09. The number of nitro benzene ring substituents is 1. The third kappa shape index (κ3) is 2.94. The Labute approximate surface area is 105 Å². The van der Waals surface area contributed by atoms with Crippen molar-refractivity contribution >= 4 is 11.5 Å². The molecule has 1 heterocycles. The lowest BCUT2D eigenvalue weighted by molar-refractivity contribution is -0.384. The number of carbonyl (C=O) groups is 1. The van der Waals surface area contributed by atoms with E-state index >= 15 is 0 Å². The van der Waals surface area contributed by atoms with Crippen LogP contribution in [0.4, 0.5) is 5.69 Å². The van der Waals surface area contributed by atoms with Crippen LogP contribution in [0.15, 0.2) is 36.5 Å². The van der Waals surface area contributed by atoms with E-state index in [0.717, 1.165) is 25.9 Å². The van der Waals surface area contributed by atoms with Crippen LogP contribution in [0.1, 0.15) is 23.2 Å². The Morgan fingerprint density at radius 1 is 1.22 bits per heavy atom. The van der Waals surface area contributed by atoms with Gasteiger partial charge in [0.1, 0.15) is 0 Å². The molecule has 0 amide bonds. The summed E-state index contributed by atoms with van der Waals surface area (Å²) in [7, 11) is 0. The van der Waals surface area contributed by atoms with Crippen molar-refractivity contribution in [3.05, 3.63) is 52.2 Å². The topological polar surface area (TPSA) is 63.5 Å². The molecule has 0 spiro atoms. The van der Waals surface area contributed by atoms with Crippen LogP contribution in [0.3, 0.4) is 0 Å². The third-order valence-electron chi connectivity index (χ3n) is 2.94. The average Bonchev–Trinajstić information content (AvgIpc) is 2.89. The lowest BCUT2D eigenvalue weighted by atomic mass is 10.1. The maximum absolute atomic E-state index is 11.8. The molecule has 0 saturated carbocycles. The molecule has 1 fully saturated rings. The van der Waals surface area contributed by atoms with Crippen molar-refractivity contribution in [2.45, 2.75) is 12.8 Å². The number of carbonyl (C=O) groups excluding carboxylic acids is 1. The minimum absolute atomic E-state index is 0.00456. The molecule has 5 nitrogen and oxygen atoms in total. The third-order valence-corrected chi connectivity index (χ3v) is 2.94. The van der Waals surface area contributed by atoms with Crippen LogP contribution in [0.5, 0.6) is 0 Å². The molecule has 94 valence electrons. The largest absolute Gasteiger partial charge is 0.377 e. The zero-order valence-electron chi connectivity index (χ0n) is 9.91. The maximum atomic E-state index is 11.8. The van der Waals surface area contributed by atoms with Gasteiger partial charge in [-0.2, -0.15) is 0 Å². The van der Waals surface area contributed by atoms with Crippen molar-refractivity contribution in [3.8, 4) is 0 Å². The molecule has 1 aliphatic rings. The lowest BCUT2D eigenvalue weighted by Crippen LogP contribution is -2.11. The fourth-order valence-electron chi connectivity index (χ4n) is 1.91. The van der Waals surface area contributed by atoms with E-state index in [0.29, 0.717) is 5.56 Å². The number of benzene rings is 1. The summed E-state index contributed by atoms with van der Waals surface area (Å²) in [6.07, 6.45) is 5.65. The Balaban J connectivity index is 2.02. The van der Waals surface area contributed by atoms with Gasteiger partial charge in [-0.25, -0.2) is 0 Å². The van der Waals surface area contributed by atoms with Crippen molar-refractivity contribution in [2.75, 3.05) is 13.1 Å². The number of nitrogens with zero attached hydrogens (tertiary/aromatic N) is 2. The summed E-state index contributed by atoms with van der Waals surface area (Å²) < 4.78 is 0. The minimum Gasteiger partial charge on any atom is -0.377 e. The van der Waals surface area contributed by atoms with Gasteiger partial charge in [-0.05, 0) is 25.0 Å². The van der Waals surface area contributed by atoms with Gasteiger partial charge in [0, 0.05) is 43.1 Å². The second-order valence-electron chi connectivity index (χ2n) is 4.23. The second-order valence-corrected chi connectivity index (χ2v) is 4.23. The van der Waals surface area contributed by atoms with Gasteiger partial charge in [-0.15, -0.1) is 0 Å². The molecule has 0 aliphatic carbocycles. The highest BCUT2D eigenvalue weighted by atomic mass is 16.6. The first kappa shape index (κ1) is 12.3. The Kier molecular flexibility index (Phi) is 3.72. The molecule has 0 radical (unpaired) electrons. The predicted octanol–water partition coefficient (Wildman–Crippen LogP) is 2.39. The van der Waals surface area contributed by atoms with Gasteiger partial charge in [-0.3, -0.25) is 14.9 Å². The Morgan fingerprint density at radius 2 is 1.83 bits per heavy atom. The first-order chi connectivity index (χ1) is 8.66. The number of nitro groups is 1. The molecular formula is C13H14N2O3. The molecule has 0 N–H and O–H groups in total. The number of likely N-dealkylation sites (tertiary alicyclic amines) is 1. The molecule has 0 atom stereocenters. The van der Waals surface area contributed by atoms with Crippen LogP contribution >= 0.6 is 0 Å². The summed E-state index contributed by atoms with van der Waals surface area (Å²) in [6, 6.07) is 5.65. The highest BCUT2D eigenvalue weighted by Crippen LogP contribution is 2.13. The number of rotatable bonds is 4. The fraction of sp³-hybridized carbons (Fsp3) is 0.308. The average molecular weight is 246 g/mol. The van der Waals surface area contributed by atoms with Gasteiger partial charge >= 0.3 is 0 Å². The summed E-state index contributed by atoms with van der Waals surface area (Å²) in [6.45, 7) is 1.98. The zero-order valence-corrected chi connectivity index (χ0v) is 9.91. The molecule has 1 saturated heterocycles. The minimum atomic E-state index is -0.478. The van der Waals surface area contributed by atoms with Crippen molar-refractivity contribution in [2.24, 2.45) is 0 Å². The van der Waals surface area contributed by atoms with E-state index in [1.165, 1.54) is 30.3 Å². The number of allylic oxidation sites excluding steroid dienone is 1. The number of ketones is 1. The summed E-state index contributed by atoms with van der Waals surface area (Å²) in [5.41, 5.74) is 0.464. The zero-order chi connectivity index (χ0) is 13.0. The van der Waals surface area contributed by atoms with Crippen LogP contribution in [0.2, 0.25) is 0 Å². The first-order valence-corrected chi connectivity index (χ1v) is 5.88. The van der Waals surface area contributed by atoms with Gasteiger partial charge in [0.05, 0.1) is 4.92 Å². The van der Waals surface area contributed by atoms with Gasteiger partial charge in [0.2, 0.25) is 0 Å². The van der Waals surface area contributed by atoms with E-state index in [4.69, 9.17) is 0 Å². The molecule has 0 aromatic heterocycles. The summed E-state index contributed by atoms with van der Waals surface area (Å²) in [5.74, 6) is -0.128. The fourth-order valence-corrected chi connectivity index (χ4v) is 1.91. The molecule has 0 unspecified atom stereocenters. The SMILES string of the molecule is O=C(C=CN1CCCC1)c1ccc([N+](=O)[O-])cc1. The highest BCUT2D eigenvalue weighted by molar-refractivity contribution is 6.04. The smallest absolute Gasteiger partial charge is 0.269 e. The van der Waals surface area contributed by atoms with Crippen LogP contribution < -0.4 is 0 Å². The molecule has 1 aliphatic heterocycles. The molecule has 18 heavy (non-hydrogen) atoms. The Morgan fingerprint density at radius 3 is 2.39 bits per heavy atom. The Hall–Kier alpha value is -2.17. The van der Waals surface area contributed by atoms with Crippen LogP contribution in [-0.4, -0.2) is 28.7 Å². The van der Waals surface area contributed by atoms with E-state index in [1.54, 1.807) is 6.20 Å². The predicted molar refractivity (Wildman–Crippen MR) is 67.4 cm³/mol. The summed E-state index contributed by atoms with van der Waals surface area (Å²) in [4.78, 5) is 23.9. The number of hydrogen-bond acceptors (Lipinski definition) is 4. The van der Waals surface area contributed by atoms with E-state index < -0.39 is 4.92 Å². The van der Waals surface area contributed by atoms with Crippen molar-refractivity contribution in [1.29, 1.82) is 0 Å².